The van der Waals surface area contributed by atoms with Crippen LogP contribution in [0, 0.1) is 0 Å². The van der Waals surface area contributed by atoms with Crippen molar-refractivity contribution >= 4 is 11.6 Å². The predicted octanol–water partition coefficient (Wildman–Crippen LogP) is 2.44. The smallest absolute Gasteiger partial charge is 0.224 e. The molecule has 1 amide bonds. The minimum atomic E-state index is 0.0657. The number of nitrogens with two attached hydrogens (primary N) is 1. The molecule has 0 saturated heterocycles. The van der Waals surface area contributed by atoms with Gasteiger partial charge in [0.1, 0.15) is 0 Å². The number of hydrogen-bond acceptors (Lipinski definition) is 3. The third-order valence-corrected chi connectivity index (χ3v) is 3.73. The van der Waals surface area contributed by atoms with E-state index in [1.807, 2.05) is 24.3 Å². The van der Waals surface area contributed by atoms with E-state index >= 15 is 0 Å². The van der Waals surface area contributed by atoms with Crippen LogP contribution in [0.15, 0.2) is 24.3 Å². The molecule has 0 aromatic heterocycles. The number of rotatable bonds is 9. The van der Waals surface area contributed by atoms with Crippen molar-refractivity contribution in [2.75, 3.05) is 25.4 Å². The lowest BCUT2D eigenvalue weighted by molar-refractivity contribution is -0.121. The lowest BCUT2D eigenvalue weighted by Crippen LogP contribution is -2.34. The Hall–Kier alpha value is -1.55. The van der Waals surface area contributed by atoms with Crippen LogP contribution in [-0.2, 0) is 11.2 Å². The van der Waals surface area contributed by atoms with Crippen LogP contribution in [0.3, 0.4) is 0 Å². The molecule has 1 unspecified atom stereocenters. The number of carbonyl (C=O) groups is 1. The number of anilines is 1. The van der Waals surface area contributed by atoms with Gasteiger partial charge in [0.05, 0.1) is 6.42 Å². The highest BCUT2D eigenvalue weighted by Gasteiger charge is 2.09. The standard InChI is InChI=1S/C17H29N3O/c1-4-20(5-2)11-7-8-14(3)19-17(21)13-15-9-6-10-16(18)12-15/h6,9-10,12,14H,4-5,7-8,11,13,18H2,1-3H3,(H,19,21). The fraction of sp³-hybridized carbons (Fsp3) is 0.588. The molecule has 0 radical (unpaired) electrons. The average molecular weight is 291 g/mol. The molecular weight excluding hydrogens is 262 g/mol. The summed E-state index contributed by atoms with van der Waals surface area (Å²) in [6.45, 7) is 9.71. The van der Waals surface area contributed by atoms with Crippen LogP contribution >= 0.6 is 0 Å². The molecule has 118 valence electrons. The summed E-state index contributed by atoms with van der Waals surface area (Å²) >= 11 is 0. The van der Waals surface area contributed by atoms with Crippen molar-refractivity contribution in [3.63, 3.8) is 0 Å². The minimum Gasteiger partial charge on any atom is -0.399 e. The highest BCUT2D eigenvalue weighted by molar-refractivity contribution is 5.79. The number of carbonyl (C=O) groups excluding carboxylic acids is 1. The van der Waals surface area contributed by atoms with Crippen molar-refractivity contribution in [1.82, 2.24) is 10.2 Å². The fourth-order valence-corrected chi connectivity index (χ4v) is 2.45. The predicted molar refractivity (Wildman–Crippen MR) is 89.2 cm³/mol. The fourth-order valence-electron chi connectivity index (χ4n) is 2.45. The Morgan fingerprint density at radius 1 is 1.33 bits per heavy atom. The molecule has 1 aromatic rings. The summed E-state index contributed by atoms with van der Waals surface area (Å²) in [5.74, 6) is 0.0657. The number of amides is 1. The average Bonchev–Trinajstić information content (AvgIpc) is 2.43. The molecule has 0 aliphatic carbocycles. The maximum absolute atomic E-state index is 12.0. The van der Waals surface area contributed by atoms with Crippen molar-refractivity contribution in [3.05, 3.63) is 29.8 Å². The zero-order chi connectivity index (χ0) is 15.7. The van der Waals surface area contributed by atoms with E-state index in [2.05, 4.69) is 31.0 Å². The zero-order valence-electron chi connectivity index (χ0n) is 13.6. The van der Waals surface area contributed by atoms with E-state index in [9.17, 15) is 4.79 Å². The second-order valence-corrected chi connectivity index (χ2v) is 5.56. The molecule has 0 saturated carbocycles. The van der Waals surface area contributed by atoms with Gasteiger partial charge in [0.25, 0.3) is 0 Å². The Bertz CT molecular complexity index is 430. The van der Waals surface area contributed by atoms with Gasteiger partial charge in [-0.2, -0.15) is 0 Å². The van der Waals surface area contributed by atoms with Crippen LogP contribution in [0.2, 0.25) is 0 Å². The van der Waals surface area contributed by atoms with Gasteiger partial charge in [0, 0.05) is 11.7 Å². The first-order chi connectivity index (χ1) is 10.0. The molecule has 1 atom stereocenters. The van der Waals surface area contributed by atoms with E-state index in [0.29, 0.717) is 12.1 Å². The summed E-state index contributed by atoms with van der Waals surface area (Å²) in [6, 6.07) is 7.71. The van der Waals surface area contributed by atoms with Gasteiger partial charge in [0.2, 0.25) is 5.91 Å². The van der Waals surface area contributed by atoms with Crippen molar-refractivity contribution in [2.45, 2.75) is 46.1 Å². The van der Waals surface area contributed by atoms with Crippen LogP contribution in [-0.4, -0.2) is 36.5 Å². The number of hydrogen-bond donors (Lipinski definition) is 2. The number of nitrogens with one attached hydrogen (secondary N) is 1. The Balaban J connectivity index is 2.27. The second kappa shape index (κ2) is 9.40. The second-order valence-electron chi connectivity index (χ2n) is 5.56. The van der Waals surface area contributed by atoms with Crippen LogP contribution < -0.4 is 11.1 Å². The molecule has 3 N–H and O–H groups in total. The van der Waals surface area contributed by atoms with E-state index in [-0.39, 0.29) is 11.9 Å². The Labute approximate surface area is 128 Å². The maximum Gasteiger partial charge on any atom is 0.224 e. The van der Waals surface area contributed by atoms with E-state index in [0.717, 1.165) is 38.0 Å². The maximum atomic E-state index is 12.0. The molecule has 1 rings (SSSR count). The summed E-state index contributed by atoms with van der Waals surface area (Å²) in [4.78, 5) is 14.4. The summed E-state index contributed by atoms with van der Waals surface area (Å²) in [6.07, 6.45) is 2.52. The van der Waals surface area contributed by atoms with Gasteiger partial charge in [-0.15, -0.1) is 0 Å². The van der Waals surface area contributed by atoms with Gasteiger partial charge in [-0.3, -0.25) is 4.79 Å². The summed E-state index contributed by atoms with van der Waals surface area (Å²) < 4.78 is 0. The third-order valence-electron chi connectivity index (χ3n) is 3.73. The van der Waals surface area contributed by atoms with Gasteiger partial charge in [-0.1, -0.05) is 26.0 Å². The molecule has 0 spiro atoms. The Morgan fingerprint density at radius 2 is 2.05 bits per heavy atom. The first-order valence-corrected chi connectivity index (χ1v) is 7.91. The lowest BCUT2D eigenvalue weighted by Gasteiger charge is -2.19. The molecule has 4 heteroatoms. The molecule has 0 aliphatic rings. The van der Waals surface area contributed by atoms with E-state index in [1.54, 1.807) is 0 Å². The van der Waals surface area contributed by atoms with Crippen LogP contribution in [0.5, 0.6) is 0 Å². The summed E-state index contributed by atoms with van der Waals surface area (Å²) in [7, 11) is 0. The van der Waals surface area contributed by atoms with Crippen LogP contribution in [0.4, 0.5) is 5.69 Å². The largest absolute Gasteiger partial charge is 0.399 e. The molecule has 21 heavy (non-hydrogen) atoms. The zero-order valence-corrected chi connectivity index (χ0v) is 13.6. The number of nitrogen functional groups attached to an aromatic ring is 1. The van der Waals surface area contributed by atoms with Gasteiger partial charge in [-0.25, -0.2) is 0 Å². The van der Waals surface area contributed by atoms with Crippen molar-refractivity contribution in [3.8, 4) is 0 Å². The quantitative estimate of drug-likeness (QED) is 0.687. The van der Waals surface area contributed by atoms with Gasteiger partial charge >= 0.3 is 0 Å². The van der Waals surface area contributed by atoms with Crippen molar-refractivity contribution in [2.24, 2.45) is 0 Å². The third kappa shape index (κ3) is 7.14. The van der Waals surface area contributed by atoms with Gasteiger partial charge < -0.3 is 16.0 Å². The Kier molecular flexibility index (Phi) is 7.83. The molecule has 0 aliphatic heterocycles. The van der Waals surface area contributed by atoms with Gasteiger partial charge in [-0.05, 0) is 57.1 Å². The molecular formula is C17H29N3O. The van der Waals surface area contributed by atoms with Crippen molar-refractivity contribution < 1.29 is 4.79 Å². The molecule has 1 aromatic carbocycles. The first-order valence-electron chi connectivity index (χ1n) is 7.91. The van der Waals surface area contributed by atoms with Crippen LogP contribution in [0.1, 0.15) is 39.2 Å². The molecule has 0 heterocycles. The number of nitrogens with zero attached hydrogens (tertiary/aromatic N) is 1. The highest BCUT2D eigenvalue weighted by Crippen LogP contribution is 2.07. The molecule has 0 bridgehead atoms. The Morgan fingerprint density at radius 3 is 2.67 bits per heavy atom. The number of benzene rings is 1. The first kappa shape index (κ1) is 17.5. The van der Waals surface area contributed by atoms with Gasteiger partial charge in [0.15, 0.2) is 0 Å². The summed E-state index contributed by atoms with van der Waals surface area (Å²) in [5, 5.41) is 3.06. The minimum absolute atomic E-state index is 0.0657. The topological polar surface area (TPSA) is 58.4 Å². The highest BCUT2D eigenvalue weighted by atomic mass is 16.1. The summed E-state index contributed by atoms with van der Waals surface area (Å²) in [5.41, 5.74) is 7.38. The molecule has 0 fully saturated rings. The van der Waals surface area contributed by atoms with E-state index < -0.39 is 0 Å². The van der Waals surface area contributed by atoms with E-state index in [4.69, 9.17) is 5.73 Å². The molecule has 4 nitrogen and oxygen atoms in total. The van der Waals surface area contributed by atoms with Crippen LogP contribution in [0.25, 0.3) is 0 Å². The van der Waals surface area contributed by atoms with Crippen molar-refractivity contribution in [1.29, 1.82) is 0 Å². The van der Waals surface area contributed by atoms with E-state index in [1.165, 1.54) is 0 Å². The lowest BCUT2D eigenvalue weighted by atomic mass is 10.1. The monoisotopic (exact) mass is 291 g/mol. The normalized spacial score (nSPS) is 12.4. The SMILES string of the molecule is CCN(CC)CCCC(C)NC(=O)Cc1cccc(N)c1.